The highest BCUT2D eigenvalue weighted by Gasteiger charge is 2.21. The maximum Gasteiger partial charge on any atom is 0.246 e. The summed E-state index contributed by atoms with van der Waals surface area (Å²) in [6.07, 6.45) is 3.45. The monoisotopic (exact) mass is 424 g/mol. The first-order chi connectivity index (χ1) is 15.2. The van der Waals surface area contributed by atoms with E-state index in [4.69, 9.17) is 18.9 Å². The van der Waals surface area contributed by atoms with E-state index in [9.17, 15) is 4.79 Å². The Morgan fingerprint density at radius 3 is 2.61 bits per heavy atom. The van der Waals surface area contributed by atoms with Crippen LogP contribution in [0.1, 0.15) is 18.1 Å². The number of hydrogen-bond acceptors (Lipinski definition) is 6. The number of rotatable bonds is 7. The molecule has 1 amide bonds. The van der Waals surface area contributed by atoms with Gasteiger partial charge in [0.25, 0.3) is 0 Å². The second-order valence-corrected chi connectivity index (χ2v) is 7.47. The summed E-state index contributed by atoms with van der Waals surface area (Å²) in [6, 6.07) is 11.7. The van der Waals surface area contributed by atoms with Crippen LogP contribution in [0.25, 0.3) is 6.08 Å². The lowest BCUT2D eigenvalue weighted by Crippen LogP contribution is -2.47. The molecule has 1 fully saturated rings. The Bertz CT molecular complexity index is 951. The van der Waals surface area contributed by atoms with Gasteiger partial charge in [0.2, 0.25) is 12.7 Å². The van der Waals surface area contributed by atoms with Crippen molar-refractivity contribution in [3.63, 3.8) is 0 Å². The fraction of sp³-hybridized carbons (Fsp3) is 0.375. The first-order valence-corrected chi connectivity index (χ1v) is 10.5. The molecule has 2 aliphatic heterocycles. The number of fused-ring (bicyclic) bond motifs is 1. The van der Waals surface area contributed by atoms with Crippen LogP contribution in [0.5, 0.6) is 23.0 Å². The molecule has 4 rings (SSSR count). The smallest absolute Gasteiger partial charge is 0.246 e. The summed E-state index contributed by atoms with van der Waals surface area (Å²) in [4.78, 5) is 16.9. The first-order valence-electron chi connectivity index (χ1n) is 10.5. The number of benzene rings is 2. The molecule has 7 nitrogen and oxygen atoms in total. The molecule has 0 bridgehead atoms. The zero-order chi connectivity index (χ0) is 21.6. The lowest BCUT2D eigenvalue weighted by molar-refractivity contribution is -0.127. The predicted octanol–water partition coefficient (Wildman–Crippen LogP) is 3.18. The molecule has 0 aliphatic carbocycles. The summed E-state index contributed by atoms with van der Waals surface area (Å²) < 4.78 is 21.7. The van der Waals surface area contributed by atoms with Crippen molar-refractivity contribution in [2.45, 2.75) is 13.5 Å². The molecule has 7 heteroatoms. The highest BCUT2D eigenvalue weighted by Crippen LogP contribution is 2.33. The van der Waals surface area contributed by atoms with Gasteiger partial charge < -0.3 is 23.8 Å². The Kier molecular flexibility index (Phi) is 6.62. The van der Waals surface area contributed by atoms with Crippen molar-refractivity contribution in [2.24, 2.45) is 0 Å². The molecule has 2 aromatic carbocycles. The molecule has 0 spiro atoms. The van der Waals surface area contributed by atoms with Crippen LogP contribution in [0.3, 0.4) is 0 Å². The molecule has 0 unspecified atom stereocenters. The van der Waals surface area contributed by atoms with Gasteiger partial charge in [-0.2, -0.15) is 0 Å². The van der Waals surface area contributed by atoms with Crippen molar-refractivity contribution in [1.29, 1.82) is 0 Å². The largest absolute Gasteiger partial charge is 0.493 e. The van der Waals surface area contributed by atoms with Crippen molar-refractivity contribution >= 4 is 12.0 Å². The maximum atomic E-state index is 12.6. The molecule has 2 aromatic rings. The Balaban J connectivity index is 1.29. The van der Waals surface area contributed by atoms with Gasteiger partial charge in [-0.05, 0) is 48.4 Å². The molecular formula is C24H28N2O5. The lowest BCUT2D eigenvalue weighted by Gasteiger charge is -2.34. The summed E-state index contributed by atoms with van der Waals surface area (Å²) >= 11 is 0. The number of amides is 1. The average Bonchev–Trinajstić information content (AvgIpc) is 3.26. The van der Waals surface area contributed by atoms with Gasteiger partial charge in [0.1, 0.15) is 0 Å². The van der Waals surface area contributed by atoms with E-state index in [1.165, 1.54) is 5.56 Å². The molecule has 31 heavy (non-hydrogen) atoms. The number of ether oxygens (including phenoxy) is 4. The van der Waals surface area contributed by atoms with Gasteiger partial charge in [-0.15, -0.1) is 0 Å². The number of piperazine rings is 1. The van der Waals surface area contributed by atoms with Crippen LogP contribution < -0.4 is 18.9 Å². The number of methoxy groups -OCH3 is 1. The first kappa shape index (κ1) is 21.1. The Morgan fingerprint density at radius 1 is 1.03 bits per heavy atom. The minimum absolute atomic E-state index is 0.0245. The molecule has 0 radical (unpaired) electrons. The number of carbonyl (C=O) groups is 1. The van der Waals surface area contributed by atoms with E-state index in [1.807, 2.05) is 48.2 Å². The van der Waals surface area contributed by atoms with Crippen LogP contribution in [0.2, 0.25) is 0 Å². The Labute approximate surface area is 182 Å². The van der Waals surface area contributed by atoms with Crippen LogP contribution >= 0.6 is 0 Å². The van der Waals surface area contributed by atoms with E-state index >= 15 is 0 Å². The standard InChI is InChI=1S/C24H28N2O5/c1-3-29-22-14-18(4-7-20(22)28-2)6-9-24(27)26-12-10-25(11-13-26)16-19-5-8-21-23(15-19)31-17-30-21/h4-9,14-15H,3,10-13,16-17H2,1-2H3/b9-6+. The molecule has 2 aliphatic rings. The second kappa shape index (κ2) is 9.75. The molecule has 0 aromatic heterocycles. The third-order valence-electron chi connectivity index (χ3n) is 5.43. The van der Waals surface area contributed by atoms with Gasteiger partial charge in [0.05, 0.1) is 13.7 Å². The summed E-state index contributed by atoms with van der Waals surface area (Å²) in [5, 5.41) is 0. The quantitative estimate of drug-likeness (QED) is 0.637. The average molecular weight is 424 g/mol. The lowest BCUT2D eigenvalue weighted by atomic mass is 10.1. The third-order valence-corrected chi connectivity index (χ3v) is 5.43. The minimum Gasteiger partial charge on any atom is -0.493 e. The predicted molar refractivity (Wildman–Crippen MR) is 118 cm³/mol. The van der Waals surface area contributed by atoms with Gasteiger partial charge in [-0.1, -0.05) is 12.1 Å². The fourth-order valence-electron chi connectivity index (χ4n) is 3.76. The summed E-state index contributed by atoms with van der Waals surface area (Å²) in [6.45, 7) is 6.70. The summed E-state index contributed by atoms with van der Waals surface area (Å²) in [7, 11) is 1.61. The zero-order valence-corrected chi connectivity index (χ0v) is 18.0. The highest BCUT2D eigenvalue weighted by molar-refractivity contribution is 5.92. The van der Waals surface area contributed by atoms with Crippen LogP contribution in [-0.2, 0) is 11.3 Å². The van der Waals surface area contributed by atoms with E-state index in [0.717, 1.165) is 36.7 Å². The van der Waals surface area contributed by atoms with Gasteiger partial charge in [-0.25, -0.2) is 0 Å². The van der Waals surface area contributed by atoms with E-state index in [-0.39, 0.29) is 12.7 Å². The van der Waals surface area contributed by atoms with Crippen molar-refractivity contribution in [3.8, 4) is 23.0 Å². The van der Waals surface area contributed by atoms with Crippen molar-refractivity contribution in [3.05, 3.63) is 53.6 Å². The number of hydrogen-bond donors (Lipinski definition) is 0. The van der Waals surface area contributed by atoms with Gasteiger partial charge in [0, 0.05) is 38.8 Å². The summed E-state index contributed by atoms with van der Waals surface area (Å²) in [5.41, 5.74) is 2.09. The molecule has 0 saturated carbocycles. The van der Waals surface area contributed by atoms with E-state index in [2.05, 4.69) is 11.0 Å². The third kappa shape index (κ3) is 5.11. The van der Waals surface area contributed by atoms with Crippen LogP contribution in [0.4, 0.5) is 0 Å². The van der Waals surface area contributed by atoms with Crippen molar-refractivity contribution < 1.29 is 23.7 Å². The van der Waals surface area contributed by atoms with Gasteiger partial charge >= 0.3 is 0 Å². The van der Waals surface area contributed by atoms with E-state index < -0.39 is 0 Å². The molecule has 2 heterocycles. The molecule has 1 saturated heterocycles. The topological polar surface area (TPSA) is 60.5 Å². The summed E-state index contributed by atoms with van der Waals surface area (Å²) in [5.74, 6) is 3.00. The second-order valence-electron chi connectivity index (χ2n) is 7.47. The Hall–Kier alpha value is -3.19. The van der Waals surface area contributed by atoms with Crippen LogP contribution in [0, 0.1) is 0 Å². The number of nitrogens with zero attached hydrogens (tertiary/aromatic N) is 2. The minimum atomic E-state index is 0.0245. The van der Waals surface area contributed by atoms with E-state index in [0.29, 0.717) is 31.2 Å². The SMILES string of the molecule is CCOc1cc(/C=C/C(=O)N2CCN(Cc3ccc4c(c3)OCO4)CC2)ccc1OC. The van der Waals surface area contributed by atoms with Gasteiger partial charge in [-0.3, -0.25) is 9.69 Å². The Morgan fingerprint density at radius 2 is 1.84 bits per heavy atom. The molecule has 0 atom stereocenters. The highest BCUT2D eigenvalue weighted by atomic mass is 16.7. The zero-order valence-electron chi connectivity index (χ0n) is 18.0. The molecule has 0 N–H and O–H groups in total. The van der Waals surface area contributed by atoms with Crippen LogP contribution in [0.15, 0.2) is 42.5 Å². The normalized spacial score (nSPS) is 16.0. The van der Waals surface area contributed by atoms with Crippen LogP contribution in [-0.4, -0.2) is 62.4 Å². The van der Waals surface area contributed by atoms with Crippen molar-refractivity contribution in [2.75, 3.05) is 46.7 Å². The fourth-order valence-corrected chi connectivity index (χ4v) is 3.76. The molecular weight excluding hydrogens is 396 g/mol. The van der Waals surface area contributed by atoms with E-state index in [1.54, 1.807) is 13.2 Å². The van der Waals surface area contributed by atoms with Crippen molar-refractivity contribution in [1.82, 2.24) is 9.80 Å². The molecule has 164 valence electrons. The maximum absolute atomic E-state index is 12.6. The number of carbonyl (C=O) groups excluding carboxylic acids is 1. The van der Waals surface area contributed by atoms with Gasteiger partial charge in [0.15, 0.2) is 23.0 Å².